The van der Waals surface area contributed by atoms with Gasteiger partial charge in [-0.05, 0) is 37.7 Å². The Kier molecular flexibility index (Phi) is 8.70. The van der Waals surface area contributed by atoms with Crippen LogP contribution in [0.3, 0.4) is 0 Å². The fraction of sp³-hybridized carbons (Fsp3) is 0.667. The highest BCUT2D eigenvalue weighted by atomic mass is 16.5. The molecule has 0 atom stereocenters. The van der Waals surface area contributed by atoms with E-state index in [1.807, 2.05) is 12.1 Å². The molecule has 158 valence electrons. The number of nitrogens with zero attached hydrogens (tertiary/aromatic N) is 1. The quantitative estimate of drug-likeness (QED) is 0.445. The van der Waals surface area contributed by atoms with Crippen LogP contribution in [0.1, 0.15) is 38.2 Å². The second-order valence-electron chi connectivity index (χ2n) is 7.16. The number of benzene rings is 1. The van der Waals surface area contributed by atoms with Gasteiger partial charge in [0.15, 0.2) is 17.5 Å². The summed E-state index contributed by atoms with van der Waals surface area (Å²) in [5, 5.41) is 6.85. The van der Waals surface area contributed by atoms with Gasteiger partial charge in [0.05, 0.1) is 27.9 Å². The first kappa shape index (κ1) is 22.1. The summed E-state index contributed by atoms with van der Waals surface area (Å²) in [5.74, 6) is 2.84. The molecule has 1 saturated carbocycles. The average Bonchev–Trinajstić information content (AvgIpc) is 2.69. The molecule has 1 aliphatic carbocycles. The highest BCUT2D eigenvalue weighted by molar-refractivity contribution is 5.79. The fourth-order valence-electron chi connectivity index (χ4n) is 3.50. The molecule has 1 fully saturated rings. The molecule has 7 nitrogen and oxygen atoms in total. The van der Waals surface area contributed by atoms with E-state index in [2.05, 4.69) is 17.6 Å². The van der Waals surface area contributed by atoms with Crippen LogP contribution in [0.4, 0.5) is 0 Å². The number of hydrogen-bond donors (Lipinski definition) is 2. The first-order valence-corrected chi connectivity index (χ1v) is 9.91. The van der Waals surface area contributed by atoms with Crippen LogP contribution in [-0.2, 0) is 11.3 Å². The first-order valence-electron chi connectivity index (χ1n) is 9.91. The lowest BCUT2D eigenvalue weighted by atomic mass is 9.67. The monoisotopic (exact) mass is 393 g/mol. The largest absolute Gasteiger partial charge is 0.496 e. The van der Waals surface area contributed by atoms with Gasteiger partial charge in [-0.25, -0.2) is 4.99 Å². The zero-order valence-electron chi connectivity index (χ0n) is 17.9. The SMILES string of the molecule is CCNC(=NCc1cc(OC)c(OC)cc1OC)NCC1(CCOC)CCC1. The summed E-state index contributed by atoms with van der Waals surface area (Å²) in [6.07, 6.45) is 4.86. The minimum absolute atomic E-state index is 0.327. The average molecular weight is 394 g/mol. The van der Waals surface area contributed by atoms with E-state index in [0.717, 1.165) is 43.4 Å². The topological polar surface area (TPSA) is 73.3 Å². The van der Waals surface area contributed by atoms with Crippen molar-refractivity contribution in [2.45, 2.75) is 39.2 Å². The van der Waals surface area contributed by atoms with E-state index in [9.17, 15) is 0 Å². The Morgan fingerprint density at radius 3 is 2.21 bits per heavy atom. The number of methoxy groups -OCH3 is 4. The van der Waals surface area contributed by atoms with Crippen LogP contribution in [0, 0.1) is 5.41 Å². The van der Waals surface area contributed by atoms with Gasteiger partial charge in [0, 0.05) is 38.4 Å². The Morgan fingerprint density at radius 2 is 1.68 bits per heavy atom. The third-order valence-corrected chi connectivity index (χ3v) is 5.42. The summed E-state index contributed by atoms with van der Waals surface area (Å²) in [6.45, 7) is 5.06. The van der Waals surface area contributed by atoms with E-state index in [-0.39, 0.29) is 0 Å². The van der Waals surface area contributed by atoms with E-state index in [1.165, 1.54) is 19.3 Å². The zero-order valence-corrected chi connectivity index (χ0v) is 17.9. The summed E-state index contributed by atoms with van der Waals surface area (Å²) in [7, 11) is 6.65. The van der Waals surface area contributed by atoms with E-state index >= 15 is 0 Å². The number of guanidine groups is 1. The van der Waals surface area contributed by atoms with Crippen LogP contribution in [0.25, 0.3) is 0 Å². The number of ether oxygens (including phenoxy) is 4. The van der Waals surface area contributed by atoms with Gasteiger partial charge in [0.25, 0.3) is 0 Å². The van der Waals surface area contributed by atoms with E-state index in [0.29, 0.717) is 23.5 Å². The van der Waals surface area contributed by atoms with Crippen molar-refractivity contribution < 1.29 is 18.9 Å². The van der Waals surface area contributed by atoms with Crippen LogP contribution in [-0.4, -0.2) is 54.1 Å². The molecule has 1 aliphatic rings. The van der Waals surface area contributed by atoms with Crippen molar-refractivity contribution in [3.63, 3.8) is 0 Å². The molecule has 2 rings (SSSR count). The van der Waals surface area contributed by atoms with Crippen molar-refractivity contribution in [2.75, 3.05) is 48.1 Å². The summed E-state index contributed by atoms with van der Waals surface area (Å²) in [4.78, 5) is 4.75. The molecule has 0 spiro atoms. The standard InChI is InChI=1S/C21H35N3O4/c1-6-22-20(24-15-21(8-7-9-21)10-11-25-2)23-14-16-12-18(27-4)19(28-5)13-17(16)26-3/h12-13H,6-11,14-15H2,1-5H3,(H2,22,23,24). The molecule has 1 aromatic rings. The molecular formula is C21H35N3O4. The molecular weight excluding hydrogens is 358 g/mol. The number of hydrogen-bond acceptors (Lipinski definition) is 5. The van der Waals surface area contributed by atoms with Crippen LogP contribution >= 0.6 is 0 Å². The molecule has 0 aliphatic heterocycles. The van der Waals surface area contributed by atoms with Crippen molar-refractivity contribution in [1.82, 2.24) is 10.6 Å². The minimum Gasteiger partial charge on any atom is -0.496 e. The Morgan fingerprint density at radius 1 is 1.00 bits per heavy atom. The molecule has 28 heavy (non-hydrogen) atoms. The van der Waals surface area contributed by atoms with Gasteiger partial charge in [-0.1, -0.05) is 6.42 Å². The van der Waals surface area contributed by atoms with Crippen LogP contribution in [0.5, 0.6) is 17.2 Å². The maximum Gasteiger partial charge on any atom is 0.191 e. The molecule has 2 N–H and O–H groups in total. The van der Waals surface area contributed by atoms with Gasteiger partial charge in [0.2, 0.25) is 0 Å². The lowest BCUT2D eigenvalue weighted by Crippen LogP contribution is -2.46. The lowest BCUT2D eigenvalue weighted by Gasteiger charge is -2.42. The molecule has 0 bridgehead atoms. The normalized spacial score (nSPS) is 15.5. The van der Waals surface area contributed by atoms with Gasteiger partial charge in [-0.15, -0.1) is 0 Å². The number of nitrogens with one attached hydrogen (secondary N) is 2. The van der Waals surface area contributed by atoms with E-state index < -0.39 is 0 Å². The third-order valence-electron chi connectivity index (χ3n) is 5.42. The van der Waals surface area contributed by atoms with Crippen molar-refractivity contribution in [1.29, 1.82) is 0 Å². The molecule has 0 aromatic heterocycles. The van der Waals surface area contributed by atoms with Gasteiger partial charge in [-0.3, -0.25) is 0 Å². The molecule has 0 saturated heterocycles. The summed E-state index contributed by atoms with van der Waals surface area (Å²) in [6, 6.07) is 3.74. The molecule has 1 aromatic carbocycles. The van der Waals surface area contributed by atoms with E-state index in [4.69, 9.17) is 23.9 Å². The van der Waals surface area contributed by atoms with Gasteiger partial charge < -0.3 is 29.6 Å². The van der Waals surface area contributed by atoms with E-state index in [1.54, 1.807) is 28.4 Å². The molecule has 7 heteroatoms. The Labute approximate surface area is 168 Å². The first-order chi connectivity index (χ1) is 13.6. The predicted molar refractivity (Wildman–Crippen MR) is 112 cm³/mol. The van der Waals surface area contributed by atoms with Crippen molar-refractivity contribution in [3.8, 4) is 17.2 Å². The second-order valence-corrected chi connectivity index (χ2v) is 7.16. The highest BCUT2D eigenvalue weighted by Gasteiger charge is 2.36. The summed E-state index contributed by atoms with van der Waals surface area (Å²) in [5.41, 5.74) is 1.27. The maximum absolute atomic E-state index is 5.51. The molecule has 0 radical (unpaired) electrons. The van der Waals surface area contributed by atoms with Gasteiger partial charge >= 0.3 is 0 Å². The van der Waals surface area contributed by atoms with Gasteiger partial charge in [0.1, 0.15) is 5.75 Å². The Hall–Kier alpha value is -2.15. The maximum atomic E-state index is 5.51. The summed E-state index contributed by atoms with van der Waals surface area (Å²) >= 11 is 0. The summed E-state index contributed by atoms with van der Waals surface area (Å²) < 4.78 is 21.6. The smallest absolute Gasteiger partial charge is 0.191 e. The van der Waals surface area contributed by atoms with Crippen molar-refractivity contribution >= 4 is 5.96 Å². The fourth-order valence-corrected chi connectivity index (χ4v) is 3.50. The van der Waals surface area contributed by atoms with Crippen molar-refractivity contribution in [3.05, 3.63) is 17.7 Å². The second kappa shape index (κ2) is 11.0. The molecule has 0 amide bonds. The van der Waals surface area contributed by atoms with Crippen LogP contribution < -0.4 is 24.8 Å². The Bertz CT molecular complexity index is 645. The van der Waals surface area contributed by atoms with Crippen molar-refractivity contribution in [2.24, 2.45) is 10.4 Å². The molecule has 0 unspecified atom stereocenters. The molecule has 0 heterocycles. The predicted octanol–water partition coefficient (Wildman–Crippen LogP) is 2.97. The van der Waals surface area contributed by atoms with Crippen LogP contribution in [0.2, 0.25) is 0 Å². The lowest BCUT2D eigenvalue weighted by molar-refractivity contribution is 0.0732. The Balaban J connectivity index is 2.09. The third kappa shape index (κ3) is 5.67. The highest BCUT2D eigenvalue weighted by Crippen LogP contribution is 2.43. The number of aliphatic imine (C=N–C) groups is 1. The van der Waals surface area contributed by atoms with Gasteiger partial charge in [-0.2, -0.15) is 0 Å². The number of rotatable bonds is 11. The van der Waals surface area contributed by atoms with Crippen LogP contribution in [0.15, 0.2) is 17.1 Å². The minimum atomic E-state index is 0.327. The zero-order chi connectivity index (χ0) is 20.4.